The second-order valence-corrected chi connectivity index (χ2v) is 4.36. The summed E-state index contributed by atoms with van der Waals surface area (Å²) in [5.41, 5.74) is 2.01. The topological polar surface area (TPSA) is 30.5 Å². The van der Waals surface area contributed by atoms with Crippen LogP contribution in [0.3, 0.4) is 0 Å². The summed E-state index contributed by atoms with van der Waals surface area (Å²) in [6.45, 7) is 0. The molecule has 3 heteroatoms. The predicted molar refractivity (Wildman–Crippen MR) is 69.5 cm³/mol. The Morgan fingerprint density at radius 3 is 2.44 bits per heavy atom. The van der Waals surface area contributed by atoms with Gasteiger partial charge in [0, 0.05) is 11.6 Å². The fourth-order valence-corrected chi connectivity index (χ4v) is 2.27. The SMILES string of the molecule is C1=CC2(Nc3ccccc3O2)Oc2ccccc21. The molecule has 1 spiro atoms. The molecule has 2 aromatic carbocycles. The second kappa shape index (κ2) is 3.29. The standard InChI is InChI=1S/C15H11NO2/c1-3-7-13-11(5-1)9-10-15(17-13)16-12-6-2-4-8-14(12)18-15/h1-10,16H. The van der Waals surface area contributed by atoms with Crippen molar-refractivity contribution in [3.05, 3.63) is 60.2 Å². The minimum Gasteiger partial charge on any atom is -0.431 e. The molecule has 4 rings (SSSR count). The van der Waals surface area contributed by atoms with E-state index in [0.717, 1.165) is 22.7 Å². The van der Waals surface area contributed by atoms with E-state index in [1.165, 1.54) is 0 Å². The molecular formula is C15H11NO2. The first-order valence-electron chi connectivity index (χ1n) is 5.88. The first-order chi connectivity index (χ1) is 8.85. The van der Waals surface area contributed by atoms with Crippen LogP contribution in [0.4, 0.5) is 5.69 Å². The Kier molecular flexibility index (Phi) is 1.75. The highest BCUT2D eigenvalue weighted by atomic mass is 16.7. The van der Waals surface area contributed by atoms with Gasteiger partial charge in [0.2, 0.25) is 0 Å². The van der Waals surface area contributed by atoms with Gasteiger partial charge in [0.15, 0.2) is 0 Å². The smallest absolute Gasteiger partial charge is 0.358 e. The summed E-state index contributed by atoms with van der Waals surface area (Å²) in [7, 11) is 0. The van der Waals surface area contributed by atoms with E-state index >= 15 is 0 Å². The monoisotopic (exact) mass is 237 g/mol. The zero-order valence-electron chi connectivity index (χ0n) is 9.59. The minimum atomic E-state index is -0.905. The van der Waals surface area contributed by atoms with Gasteiger partial charge < -0.3 is 14.8 Å². The lowest BCUT2D eigenvalue weighted by atomic mass is 10.1. The van der Waals surface area contributed by atoms with Crippen molar-refractivity contribution in [2.45, 2.75) is 5.91 Å². The lowest BCUT2D eigenvalue weighted by Crippen LogP contribution is -2.45. The highest BCUT2D eigenvalue weighted by molar-refractivity contribution is 5.67. The molecule has 2 aliphatic heterocycles. The molecule has 0 saturated carbocycles. The van der Waals surface area contributed by atoms with Crippen molar-refractivity contribution in [3.8, 4) is 11.5 Å². The third kappa shape index (κ3) is 1.31. The molecule has 1 atom stereocenters. The van der Waals surface area contributed by atoms with Crippen LogP contribution in [0.5, 0.6) is 11.5 Å². The van der Waals surface area contributed by atoms with E-state index in [-0.39, 0.29) is 0 Å². The Hall–Kier alpha value is -2.42. The van der Waals surface area contributed by atoms with Gasteiger partial charge in [0.25, 0.3) is 0 Å². The number of anilines is 1. The van der Waals surface area contributed by atoms with E-state index in [9.17, 15) is 0 Å². The molecule has 2 heterocycles. The molecule has 88 valence electrons. The van der Waals surface area contributed by atoms with Crippen molar-refractivity contribution < 1.29 is 9.47 Å². The van der Waals surface area contributed by atoms with E-state index in [1.54, 1.807) is 0 Å². The maximum absolute atomic E-state index is 5.94. The quantitative estimate of drug-likeness (QED) is 0.763. The summed E-state index contributed by atoms with van der Waals surface area (Å²) >= 11 is 0. The van der Waals surface area contributed by atoms with Crippen LogP contribution in [-0.4, -0.2) is 5.91 Å². The third-order valence-electron chi connectivity index (χ3n) is 3.12. The Labute approximate surface area is 105 Å². The molecule has 0 fully saturated rings. The minimum absolute atomic E-state index is 0.807. The van der Waals surface area contributed by atoms with Crippen molar-refractivity contribution in [1.82, 2.24) is 0 Å². The van der Waals surface area contributed by atoms with Crippen LogP contribution in [0.2, 0.25) is 0 Å². The van der Waals surface area contributed by atoms with Gasteiger partial charge in [-0.15, -0.1) is 0 Å². The van der Waals surface area contributed by atoms with Gasteiger partial charge in [-0.1, -0.05) is 30.3 Å². The number of hydrogen-bond donors (Lipinski definition) is 1. The van der Waals surface area contributed by atoms with Gasteiger partial charge in [0.1, 0.15) is 11.5 Å². The fraction of sp³-hybridized carbons (Fsp3) is 0.0667. The molecule has 0 radical (unpaired) electrons. The fourth-order valence-electron chi connectivity index (χ4n) is 2.27. The van der Waals surface area contributed by atoms with Crippen molar-refractivity contribution >= 4 is 11.8 Å². The molecule has 2 aromatic rings. The molecular weight excluding hydrogens is 226 g/mol. The number of para-hydroxylation sites is 3. The maximum atomic E-state index is 5.94. The Bertz CT molecular complexity index is 623. The van der Waals surface area contributed by atoms with Gasteiger partial charge in [-0.3, -0.25) is 0 Å². The van der Waals surface area contributed by atoms with Gasteiger partial charge in [-0.25, -0.2) is 0 Å². The molecule has 0 amide bonds. The summed E-state index contributed by atoms with van der Waals surface area (Å²) in [5, 5.41) is 3.26. The molecule has 0 saturated heterocycles. The molecule has 1 N–H and O–H groups in total. The normalized spacial score (nSPS) is 22.7. The van der Waals surface area contributed by atoms with Crippen molar-refractivity contribution in [3.63, 3.8) is 0 Å². The van der Waals surface area contributed by atoms with Crippen LogP contribution in [0, 0.1) is 0 Å². The largest absolute Gasteiger partial charge is 0.431 e. The highest BCUT2D eigenvalue weighted by Crippen LogP contribution is 2.41. The molecule has 2 aliphatic rings. The Morgan fingerprint density at radius 1 is 0.833 bits per heavy atom. The Balaban J connectivity index is 1.74. The number of ether oxygens (including phenoxy) is 2. The zero-order valence-corrected chi connectivity index (χ0v) is 9.59. The average Bonchev–Trinajstić information content (AvgIpc) is 2.76. The van der Waals surface area contributed by atoms with Gasteiger partial charge >= 0.3 is 5.91 Å². The van der Waals surface area contributed by atoms with Crippen LogP contribution in [0.1, 0.15) is 5.56 Å². The lowest BCUT2D eigenvalue weighted by molar-refractivity contribution is -0.0341. The maximum Gasteiger partial charge on any atom is 0.358 e. The number of benzene rings is 2. The van der Waals surface area contributed by atoms with Crippen LogP contribution in [-0.2, 0) is 0 Å². The first-order valence-corrected chi connectivity index (χ1v) is 5.88. The number of hydrogen-bond acceptors (Lipinski definition) is 3. The second-order valence-electron chi connectivity index (χ2n) is 4.36. The van der Waals surface area contributed by atoms with E-state index < -0.39 is 5.91 Å². The summed E-state index contributed by atoms with van der Waals surface area (Å²) in [6, 6.07) is 15.7. The molecule has 3 nitrogen and oxygen atoms in total. The van der Waals surface area contributed by atoms with E-state index in [4.69, 9.17) is 9.47 Å². The van der Waals surface area contributed by atoms with E-state index in [0.29, 0.717) is 0 Å². The number of rotatable bonds is 0. The molecule has 18 heavy (non-hydrogen) atoms. The van der Waals surface area contributed by atoms with Crippen LogP contribution < -0.4 is 14.8 Å². The highest BCUT2D eigenvalue weighted by Gasteiger charge is 2.41. The van der Waals surface area contributed by atoms with Crippen molar-refractivity contribution in [2.75, 3.05) is 5.32 Å². The molecule has 0 bridgehead atoms. The summed E-state index contributed by atoms with van der Waals surface area (Å²) in [5.74, 6) is 0.722. The summed E-state index contributed by atoms with van der Waals surface area (Å²) < 4.78 is 11.8. The van der Waals surface area contributed by atoms with Gasteiger partial charge in [0.05, 0.1) is 5.69 Å². The van der Waals surface area contributed by atoms with Crippen molar-refractivity contribution in [1.29, 1.82) is 0 Å². The lowest BCUT2D eigenvalue weighted by Gasteiger charge is -2.29. The van der Waals surface area contributed by atoms with Crippen LogP contribution in [0.25, 0.3) is 6.08 Å². The molecule has 0 aliphatic carbocycles. The molecule has 0 aromatic heterocycles. The first kappa shape index (κ1) is 9.59. The Morgan fingerprint density at radius 2 is 1.56 bits per heavy atom. The van der Waals surface area contributed by atoms with Gasteiger partial charge in [-0.2, -0.15) is 0 Å². The predicted octanol–water partition coefficient (Wildman–Crippen LogP) is 3.25. The average molecular weight is 237 g/mol. The summed E-state index contributed by atoms with van der Waals surface area (Å²) in [4.78, 5) is 0. The zero-order chi connectivity index (χ0) is 12.0. The number of nitrogens with one attached hydrogen (secondary N) is 1. The van der Waals surface area contributed by atoms with E-state index in [1.807, 2.05) is 60.7 Å². The van der Waals surface area contributed by atoms with E-state index in [2.05, 4.69) is 5.32 Å². The van der Waals surface area contributed by atoms with Crippen LogP contribution >= 0.6 is 0 Å². The summed E-state index contributed by atoms with van der Waals surface area (Å²) in [6.07, 6.45) is 3.91. The van der Waals surface area contributed by atoms with Crippen LogP contribution in [0.15, 0.2) is 54.6 Å². The van der Waals surface area contributed by atoms with Crippen molar-refractivity contribution in [2.24, 2.45) is 0 Å². The third-order valence-corrected chi connectivity index (χ3v) is 3.12. The van der Waals surface area contributed by atoms with Gasteiger partial charge in [-0.05, 0) is 24.3 Å². The molecule has 1 unspecified atom stereocenters. The number of fused-ring (bicyclic) bond motifs is 2.